The first-order valence-electron chi connectivity index (χ1n) is 3.07. The minimum atomic E-state index is 0.0453. The van der Waals surface area contributed by atoms with Gasteiger partial charge >= 0.3 is 0 Å². The van der Waals surface area contributed by atoms with Crippen LogP contribution in [0.1, 0.15) is 5.56 Å². The SMILES string of the molecule is O=PC=Cc1cccc(Br)c1. The molecule has 0 N–H and O–H groups in total. The topological polar surface area (TPSA) is 17.1 Å². The molecule has 0 aliphatic rings. The quantitative estimate of drug-likeness (QED) is 0.706. The van der Waals surface area contributed by atoms with Gasteiger partial charge < -0.3 is 0 Å². The van der Waals surface area contributed by atoms with Gasteiger partial charge in [-0.3, -0.25) is 4.57 Å². The zero-order valence-electron chi connectivity index (χ0n) is 5.70. The minimum absolute atomic E-state index is 0.0453. The molecular weight excluding hydrogens is 223 g/mol. The van der Waals surface area contributed by atoms with Crippen LogP contribution >= 0.6 is 24.4 Å². The standard InChI is InChI=1S/C8H6BrOP/c9-8-3-1-2-7(6-8)4-5-11-10/h1-6H. The maximum absolute atomic E-state index is 10.1. The Hall–Kier alpha value is -0.460. The fourth-order valence-electron chi connectivity index (χ4n) is 0.727. The zero-order chi connectivity index (χ0) is 8.10. The second-order valence-corrected chi connectivity index (χ2v) is 3.40. The average molecular weight is 229 g/mol. The van der Waals surface area contributed by atoms with Gasteiger partial charge in [0.1, 0.15) is 0 Å². The Morgan fingerprint density at radius 3 is 2.91 bits per heavy atom. The largest absolute Gasteiger partial charge is 0.270 e. The molecular formula is C8H6BrOP. The van der Waals surface area contributed by atoms with Crippen molar-refractivity contribution in [3.05, 3.63) is 40.1 Å². The molecule has 0 atom stereocenters. The molecule has 0 saturated heterocycles. The molecule has 0 fully saturated rings. The summed E-state index contributed by atoms with van der Waals surface area (Å²) in [7, 11) is 0.0453. The molecule has 1 rings (SSSR count). The molecule has 0 aliphatic carbocycles. The molecule has 0 saturated carbocycles. The van der Waals surface area contributed by atoms with Crippen molar-refractivity contribution in [2.75, 3.05) is 0 Å². The Balaban J connectivity index is 2.87. The first-order valence-corrected chi connectivity index (χ1v) is 4.75. The lowest BCUT2D eigenvalue weighted by atomic mass is 10.2. The van der Waals surface area contributed by atoms with Crippen molar-refractivity contribution < 1.29 is 4.57 Å². The molecule has 11 heavy (non-hydrogen) atoms. The van der Waals surface area contributed by atoms with Crippen molar-refractivity contribution in [3.8, 4) is 0 Å². The highest BCUT2D eigenvalue weighted by atomic mass is 79.9. The van der Waals surface area contributed by atoms with Crippen LogP contribution in [0.25, 0.3) is 6.08 Å². The number of benzene rings is 1. The molecule has 0 bridgehead atoms. The van der Waals surface area contributed by atoms with E-state index < -0.39 is 0 Å². The molecule has 0 spiro atoms. The zero-order valence-corrected chi connectivity index (χ0v) is 8.18. The number of hydrogen-bond acceptors (Lipinski definition) is 1. The van der Waals surface area contributed by atoms with Gasteiger partial charge in [0.05, 0.1) is 0 Å². The van der Waals surface area contributed by atoms with Crippen LogP contribution in [0.2, 0.25) is 0 Å². The number of halogens is 1. The number of rotatable bonds is 2. The first kappa shape index (κ1) is 8.63. The van der Waals surface area contributed by atoms with Gasteiger partial charge in [-0.1, -0.05) is 28.1 Å². The molecule has 0 heterocycles. The van der Waals surface area contributed by atoms with Gasteiger partial charge in [0, 0.05) is 10.3 Å². The van der Waals surface area contributed by atoms with E-state index in [0.29, 0.717) is 0 Å². The summed E-state index contributed by atoms with van der Waals surface area (Å²) in [4.78, 5) is 0. The van der Waals surface area contributed by atoms with Gasteiger partial charge in [-0.2, -0.15) is 0 Å². The third kappa shape index (κ3) is 2.96. The molecule has 0 unspecified atom stereocenters. The fraction of sp³-hybridized carbons (Fsp3) is 0. The Morgan fingerprint density at radius 2 is 2.27 bits per heavy atom. The molecule has 0 aromatic heterocycles. The molecule has 1 nitrogen and oxygen atoms in total. The van der Waals surface area contributed by atoms with Crippen LogP contribution in [0.3, 0.4) is 0 Å². The van der Waals surface area contributed by atoms with Crippen LogP contribution in [0.15, 0.2) is 34.6 Å². The Bertz CT molecular complexity index is 283. The van der Waals surface area contributed by atoms with Gasteiger partial charge in [0.2, 0.25) is 0 Å². The summed E-state index contributed by atoms with van der Waals surface area (Å²) in [5.41, 5.74) is 1.04. The molecule has 56 valence electrons. The van der Waals surface area contributed by atoms with E-state index >= 15 is 0 Å². The van der Waals surface area contributed by atoms with E-state index in [2.05, 4.69) is 15.9 Å². The van der Waals surface area contributed by atoms with E-state index in [4.69, 9.17) is 0 Å². The second-order valence-electron chi connectivity index (χ2n) is 1.98. The summed E-state index contributed by atoms with van der Waals surface area (Å²) in [5.74, 6) is 1.57. The van der Waals surface area contributed by atoms with Gasteiger partial charge in [0.15, 0.2) is 8.46 Å². The fourth-order valence-corrected chi connectivity index (χ4v) is 1.38. The van der Waals surface area contributed by atoms with Crippen LogP contribution in [0.4, 0.5) is 0 Å². The summed E-state index contributed by atoms with van der Waals surface area (Å²) >= 11 is 3.34. The van der Waals surface area contributed by atoms with Crippen molar-refractivity contribution in [1.29, 1.82) is 0 Å². The van der Waals surface area contributed by atoms with E-state index in [9.17, 15) is 4.57 Å². The molecule has 1 aromatic carbocycles. The van der Waals surface area contributed by atoms with Gasteiger partial charge in [0.25, 0.3) is 0 Å². The highest BCUT2D eigenvalue weighted by Crippen LogP contribution is 2.13. The first-order chi connectivity index (χ1) is 5.33. The normalized spacial score (nSPS) is 11.0. The maximum Gasteiger partial charge on any atom is 0.184 e. The monoisotopic (exact) mass is 228 g/mol. The average Bonchev–Trinajstić information content (AvgIpc) is 2.01. The van der Waals surface area contributed by atoms with Crippen molar-refractivity contribution >= 4 is 30.5 Å². The van der Waals surface area contributed by atoms with Gasteiger partial charge in [-0.25, -0.2) is 0 Å². The Morgan fingerprint density at radius 1 is 1.45 bits per heavy atom. The van der Waals surface area contributed by atoms with Crippen molar-refractivity contribution in [2.45, 2.75) is 0 Å². The van der Waals surface area contributed by atoms with Crippen LogP contribution < -0.4 is 0 Å². The van der Waals surface area contributed by atoms with Gasteiger partial charge in [-0.05, 0) is 23.8 Å². The molecule has 0 amide bonds. The van der Waals surface area contributed by atoms with Crippen LogP contribution in [-0.4, -0.2) is 0 Å². The van der Waals surface area contributed by atoms with Crippen LogP contribution in [0, 0.1) is 0 Å². The highest BCUT2D eigenvalue weighted by molar-refractivity contribution is 9.10. The van der Waals surface area contributed by atoms with Crippen molar-refractivity contribution in [1.82, 2.24) is 0 Å². The molecule has 3 heteroatoms. The van der Waals surface area contributed by atoms with E-state index in [1.165, 1.54) is 0 Å². The minimum Gasteiger partial charge on any atom is -0.270 e. The lowest BCUT2D eigenvalue weighted by molar-refractivity contribution is 0.603. The second kappa shape index (κ2) is 4.42. The van der Waals surface area contributed by atoms with Gasteiger partial charge in [-0.15, -0.1) is 0 Å². The smallest absolute Gasteiger partial charge is 0.184 e. The molecule has 0 radical (unpaired) electrons. The highest BCUT2D eigenvalue weighted by Gasteiger charge is 1.86. The van der Waals surface area contributed by atoms with Crippen LogP contribution in [0.5, 0.6) is 0 Å². The van der Waals surface area contributed by atoms with E-state index in [0.717, 1.165) is 10.0 Å². The predicted octanol–water partition coefficient (Wildman–Crippen LogP) is 3.71. The van der Waals surface area contributed by atoms with E-state index in [1.807, 2.05) is 24.3 Å². The summed E-state index contributed by atoms with van der Waals surface area (Å²) in [6.07, 6.45) is 1.80. The number of hydrogen-bond donors (Lipinski definition) is 0. The lowest BCUT2D eigenvalue weighted by Crippen LogP contribution is -1.68. The van der Waals surface area contributed by atoms with E-state index in [-0.39, 0.29) is 8.46 Å². The molecule has 1 aromatic rings. The summed E-state index contributed by atoms with van der Waals surface area (Å²) in [6, 6.07) is 7.80. The Kier molecular flexibility index (Phi) is 3.47. The maximum atomic E-state index is 10.1. The summed E-state index contributed by atoms with van der Waals surface area (Å²) < 4.78 is 11.1. The Labute approximate surface area is 75.5 Å². The summed E-state index contributed by atoms with van der Waals surface area (Å²) in [6.45, 7) is 0. The van der Waals surface area contributed by atoms with Crippen molar-refractivity contribution in [2.24, 2.45) is 0 Å². The third-order valence-corrected chi connectivity index (χ3v) is 1.94. The lowest BCUT2D eigenvalue weighted by Gasteiger charge is -1.91. The third-order valence-electron chi connectivity index (χ3n) is 1.18. The summed E-state index contributed by atoms with van der Waals surface area (Å²) in [5, 5.41) is 0. The van der Waals surface area contributed by atoms with E-state index in [1.54, 1.807) is 11.9 Å². The predicted molar refractivity (Wildman–Crippen MR) is 50.8 cm³/mol. The van der Waals surface area contributed by atoms with Crippen LogP contribution in [-0.2, 0) is 4.57 Å². The van der Waals surface area contributed by atoms with Crippen molar-refractivity contribution in [3.63, 3.8) is 0 Å². The molecule has 0 aliphatic heterocycles.